The van der Waals surface area contributed by atoms with Crippen molar-refractivity contribution in [1.82, 2.24) is 15.0 Å². The SMILES string of the molecule is O=C1[C@H]2CCCC[C@H]2C(=O)N1c1ccc2nc(Sc3ccc(-c4nc5sc6c(c5c(=O)[nH]4)CCCCC6)cc3[N+](=O)[O-])sc2c1. The summed E-state index contributed by atoms with van der Waals surface area (Å²) in [5.41, 5.74) is 2.47. The van der Waals surface area contributed by atoms with Crippen molar-refractivity contribution in [3.05, 3.63) is 67.3 Å². The van der Waals surface area contributed by atoms with E-state index in [1.54, 1.807) is 35.6 Å². The van der Waals surface area contributed by atoms with E-state index >= 15 is 0 Å². The minimum Gasteiger partial charge on any atom is -0.306 e. The van der Waals surface area contributed by atoms with Gasteiger partial charge in [0.15, 0.2) is 4.34 Å². The normalized spacial score (nSPS) is 20.0. The molecule has 2 amide bonds. The minimum atomic E-state index is -0.439. The number of hydrogen-bond acceptors (Lipinski definition) is 10. The number of imide groups is 1. The third-order valence-corrected chi connectivity index (χ3v) is 12.5. The fourth-order valence-corrected chi connectivity index (χ4v) is 10.4. The van der Waals surface area contributed by atoms with Crippen molar-refractivity contribution in [2.45, 2.75) is 67.0 Å². The first-order valence-electron chi connectivity index (χ1n) is 15.2. The van der Waals surface area contributed by atoms with E-state index in [4.69, 9.17) is 4.98 Å². The van der Waals surface area contributed by atoms with Gasteiger partial charge in [0, 0.05) is 16.5 Å². The molecule has 228 valence electrons. The fraction of sp³-hybridized carbons (Fsp3) is 0.344. The molecular weight excluding hydrogens is 631 g/mol. The number of carbonyl (C=O) groups excluding carboxylic acids is 2. The Morgan fingerprint density at radius 2 is 1.69 bits per heavy atom. The molecule has 10 nitrogen and oxygen atoms in total. The molecule has 0 unspecified atom stereocenters. The molecule has 3 aliphatic rings. The van der Waals surface area contributed by atoms with Crippen LogP contribution in [0.15, 0.2) is 50.4 Å². The van der Waals surface area contributed by atoms with Crippen molar-refractivity contribution in [1.29, 1.82) is 0 Å². The van der Waals surface area contributed by atoms with Crippen LogP contribution in [0.4, 0.5) is 11.4 Å². The Balaban J connectivity index is 1.09. The first-order chi connectivity index (χ1) is 21.9. The fourth-order valence-electron chi connectivity index (χ4n) is 6.96. The highest BCUT2D eigenvalue weighted by Gasteiger charge is 2.48. The van der Waals surface area contributed by atoms with Gasteiger partial charge >= 0.3 is 0 Å². The molecule has 8 rings (SSSR count). The summed E-state index contributed by atoms with van der Waals surface area (Å²) in [6, 6.07) is 10.2. The molecule has 1 saturated carbocycles. The summed E-state index contributed by atoms with van der Waals surface area (Å²) >= 11 is 4.09. The van der Waals surface area contributed by atoms with Gasteiger partial charge in [0.2, 0.25) is 11.8 Å². The molecule has 5 aromatic rings. The van der Waals surface area contributed by atoms with E-state index in [1.165, 1.54) is 38.9 Å². The van der Waals surface area contributed by atoms with Gasteiger partial charge in [-0.3, -0.25) is 29.4 Å². The number of aromatic amines is 1. The highest BCUT2D eigenvalue weighted by Crippen LogP contribution is 2.43. The van der Waals surface area contributed by atoms with Crippen molar-refractivity contribution >= 4 is 78.1 Å². The van der Waals surface area contributed by atoms with Gasteiger partial charge < -0.3 is 4.98 Å². The number of amides is 2. The Bertz CT molecular complexity index is 2090. The zero-order chi connectivity index (χ0) is 30.8. The first kappa shape index (κ1) is 28.5. The average molecular weight is 658 g/mol. The zero-order valence-electron chi connectivity index (χ0n) is 24.0. The van der Waals surface area contributed by atoms with Crippen molar-refractivity contribution in [3.63, 3.8) is 0 Å². The van der Waals surface area contributed by atoms with Gasteiger partial charge in [0.25, 0.3) is 11.2 Å². The number of anilines is 1. The number of nitrogens with one attached hydrogen (secondary N) is 1. The smallest absolute Gasteiger partial charge is 0.284 e. The van der Waals surface area contributed by atoms with Crippen LogP contribution >= 0.6 is 34.4 Å². The number of aryl methyl sites for hydroxylation is 2. The summed E-state index contributed by atoms with van der Waals surface area (Å²) in [7, 11) is 0. The van der Waals surface area contributed by atoms with Gasteiger partial charge in [-0.25, -0.2) is 9.97 Å². The van der Waals surface area contributed by atoms with E-state index in [2.05, 4.69) is 9.97 Å². The molecular formula is C32H27N5O5S3. The van der Waals surface area contributed by atoms with Gasteiger partial charge in [-0.1, -0.05) is 31.0 Å². The third-order valence-electron chi connectivity index (χ3n) is 9.15. The van der Waals surface area contributed by atoms with E-state index in [9.17, 15) is 24.5 Å². The molecule has 1 N–H and O–H groups in total. The van der Waals surface area contributed by atoms with Crippen LogP contribution in [-0.2, 0) is 22.4 Å². The van der Waals surface area contributed by atoms with Crippen molar-refractivity contribution < 1.29 is 14.5 Å². The van der Waals surface area contributed by atoms with Gasteiger partial charge in [-0.05, 0) is 74.4 Å². The number of nitrogens with zero attached hydrogens (tertiary/aromatic N) is 4. The largest absolute Gasteiger partial charge is 0.306 e. The molecule has 3 aromatic heterocycles. The molecule has 0 radical (unpaired) electrons. The Morgan fingerprint density at radius 1 is 0.911 bits per heavy atom. The Labute approximate surface area is 269 Å². The first-order valence-corrected chi connectivity index (χ1v) is 17.6. The Kier molecular flexibility index (Phi) is 7.06. The quantitative estimate of drug-likeness (QED) is 0.0901. The summed E-state index contributed by atoms with van der Waals surface area (Å²) in [6.07, 6.45) is 8.58. The van der Waals surface area contributed by atoms with Crippen molar-refractivity contribution in [2.75, 3.05) is 4.90 Å². The summed E-state index contributed by atoms with van der Waals surface area (Å²) in [5.74, 6) is -0.394. The monoisotopic (exact) mass is 657 g/mol. The molecule has 2 aromatic carbocycles. The highest BCUT2D eigenvalue weighted by molar-refractivity contribution is 8.01. The minimum absolute atomic E-state index is 0.113. The molecule has 0 spiro atoms. The number of aromatic nitrogens is 3. The number of thiazole rings is 1. The number of carbonyl (C=O) groups is 2. The summed E-state index contributed by atoms with van der Waals surface area (Å²) in [6.45, 7) is 0. The number of thiophene rings is 1. The molecule has 0 bridgehead atoms. The third kappa shape index (κ3) is 4.88. The molecule has 2 aliphatic carbocycles. The molecule has 2 atom stereocenters. The van der Waals surface area contributed by atoms with Crippen LogP contribution in [0.5, 0.6) is 0 Å². The van der Waals surface area contributed by atoms with Gasteiger partial charge in [-0.15, -0.1) is 22.7 Å². The van der Waals surface area contributed by atoms with E-state index in [0.717, 1.165) is 68.1 Å². The second kappa shape index (κ2) is 11.1. The zero-order valence-corrected chi connectivity index (χ0v) is 26.5. The summed E-state index contributed by atoms with van der Waals surface area (Å²) in [5, 5.41) is 12.8. The molecule has 13 heteroatoms. The van der Waals surface area contributed by atoms with Crippen LogP contribution in [0.1, 0.15) is 55.4 Å². The van der Waals surface area contributed by atoms with Gasteiger partial charge in [0.05, 0.1) is 42.9 Å². The van der Waals surface area contributed by atoms with Gasteiger partial charge in [-0.2, -0.15) is 0 Å². The molecule has 45 heavy (non-hydrogen) atoms. The van der Waals surface area contributed by atoms with Crippen LogP contribution in [0.2, 0.25) is 0 Å². The molecule has 4 heterocycles. The number of hydrogen-bond donors (Lipinski definition) is 1. The van der Waals surface area contributed by atoms with Crippen LogP contribution in [0.3, 0.4) is 0 Å². The van der Waals surface area contributed by atoms with E-state index in [-0.39, 0.29) is 34.9 Å². The number of rotatable bonds is 5. The maximum absolute atomic E-state index is 13.2. The predicted octanol–water partition coefficient (Wildman–Crippen LogP) is 7.27. The van der Waals surface area contributed by atoms with E-state index in [0.29, 0.717) is 42.0 Å². The molecule has 1 aliphatic heterocycles. The lowest BCUT2D eigenvalue weighted by atomic mass is 9.81. The molecule has 1 saturated heterocycles. The number of fused-ring (bicyclic) bond motifs is 5. The number of benzene rings is 2. The van der Waals surface area contributed by atoms with E-state index < -0.39 is 4.92 Å². The second-order valence-electron chi connectivity index (χ2n) is 11.8. The number of nitro groups is 1. The standard InChI is InChI=1S/C32H27N5O5S3/c38-28-26-20-8-2-1-3-9-23(20)43-29(26)35-27(34-28)16-10-13-24(22(14-16)37(41)42)44-32-33-21-12-11-17(15-25(21)45-32)36-30(39)18-6-4-5-7-19(18)31(36)40/h10-15,18-19H,1-9H2,(H,34,35,38)/t18-,19+. The van der Waals surface area contributed by atoms with Crippen LogP contribution in [-0.4, -0.2) is 31.7 Å². The Morgan fingerprint density at radius 3 is 2.47 bits per heavy atom. The predicted molar refractivity (Wildman–Crippen MR) is 175 cm³/mol. The maximum atomic E-state index is 13.2. The topological polar surface area (TPSA) is 139 Å². The average Bonchev–Trinajstić information content (AvgIpc) is 3.61. The second-order valence-corrected chi connectivity index (χ2v) is 15.2. The van der Waals surface area contributed by atoms with Crippen LogP contribution in [0, 0.1) is 22.0 Å². The van der Waals surface area contributed by atoms with Crippen molar-refractivity contribution in [3.8, 4) is 11.4 Å². The lowest BCUT2D eigenvalue weighted by Gasteiger charge is -2.19. The Hall–Kier alpha value is -3.94. The lowest BCUT2D eigenvalue weighted by Crippen LogP contribution is -2.30. The van der Waals surface area contributed by atoms with Crippen LogP contribution in [0.25, 0.3) is 31.8 Å². The maximum Gasteiger partial charge on any atom is 0.284 e. The van der Waals surface area contributed by atoms with Gasteiger partial charge in [0.1, 0.15) is 10.7 Å². The van der Waals surface area contributed by atoms with Crippen molar-refractivity contribution in [2.24, 2.45) is 11.8 Å². The highest BCUT2D eigenvalue weighted by atomic mass is 32.2. The van der Waals surface area contributed by atoms with Crippen LogP contribution < -0.4 is 10.5 Å². The summed E-state index contributed by atoms with van der Waals surface area (Å²) < 4.78 is 1.38. The lowest BCUT2D eigenvalue weighted by molar-refractivity contribution is -0.387. The number of nitro benzene ring substituents is 1. The summed E-state index contributed by atoms with van der Waals surface area (Å²) in [4.78, 5) is 67.0. The molecule has 2 fully saturated rings. The number of H-pyrrole nitrogens is 1. The van der Waals surface area contributed by atoms with E-state index in [1.807, 2.05) is 6.07 Å².